The van der Waals surface area contributed by atoms with Crippen molar-refractivity contribution in [3.8, 4) is 0 Å². The number of carbonyl (C=O) groups excluding carboxylic acids is 4. The fourth-order valence-electron chi connectivity index (χ4n) is 9.64. The van der Waals surface area contributed by atoms with Gasteiger partial charge in [-0.2, -0.15) is 0 Å². The van der Waals surface area contributed by atoms with Crippen LogP contribution in [0, 0.1) is 53.3 Å². The largest absolute Gasteiger partial charge is 0.481 e. The second kappa shape index (κ2) is 8.14. The van der Waals surface area contributed by atoms with Crippen molar-refractivity contribution in [3.05, 3.63) is 0 Å². The second-order valence-corrected chi connectivity index (χ2v) is 12.6. The fraction of sp³-hybridized carbons (Fsp3) is 0.808. The van der Waals surface area contributed by atoms with E-state index >= 15 is 0 Å². The van der Waals surface area contributed by atoms with Gasteiger partial charge in [-0.1, -0.05) is 20.3 Å². The van der Waals surface area contributed by atoms with Crippen LogP contribution in [0.1, 0.15) is 46.5 Å². The predicted octanol–water partition coefficient (Wildman–Crippen LogP) is -1.72. The molecule has 0 spiro atoms. The van der Waals surface area contributed by atoms with Gasteiger partial charge in [0, 0.05) is 30.1 Å². The Labute approximate surface area is 220 Å². The number of carbonyl (C=O) groups is 5. The lowest BCUT2D eigenvalue weighted by molar-refractivity contribution is -0.214. The molecule has 5 saturated carbocycles. The topological polar surface area (TPSA) is 200 Å². The highest BCUT2D eigenvalue weighted by molar-refractivity contribution is 5.95. The predicted molar refractivity (Wildman–Crippen MR) is 130 cm³/mol. The zero-order chi connectivity index (χ0) is 27.5. The normalized spacial score (nSPS) is 44.7. The molecule has 4 amide bonds. The van der Waals surface area contributed by atoms with Crippen LogP contribution in [-0.4, -0.2) is 69.2 Å². The number of fused-ring (bicyclic) bond motifs is 1. The first-order chi connectivity index (χ1) is 17.9. The monoisotopic (exact) mass is 531 g/mol. The Hall–Kier alpha value is -2.73. The molecule has 4 bridgehead atoms. The number of hydrogen-bond acceptors (Lipinski definition) is 7. The Morgan fingerprint density at radius 3 is 2.34 bits per heavy atom. The summed E-state index contributed by atoms with van der Waals surface area (Å²) in [6.45, 7) is 5.21. The van der Waals surface area contributed by atoms with Gasteiger partial charge in [-0.05, 0) is 49.4 Å². The van der Waals surface area contributed by atoms with E-state index in [1.54, 1.807) is 0 Å². The number of nitrogens with two attached hydrogens (primary N) is 1. The summed E-state index contributed by atoms with van der Waals surface area (Å²) in [5.74, 6) is -2.49. The lowest BCUT2D eigenvalue weighted by Crippen LogP contribution is -2.85. The standard InChI is InChI=1S/C26H37N5O7/c1-4-8(2)20(27)23(36)28-9(3)21(34)29-12(5-6-13(32)33)22(35)30-26-17-11-7-10-14-15(11)19(26)18(14)25(38,16(10)17)24(37)31-26/h8-12,14-20,38H,4-7,27H2,1-3H3,(H,28,36)(H,29,34)(H,30,35)(H,31,37)(H,32,33)/t8-,9-,10?,11?,12-,14?,15?,16?,17?,18?,19?,20-,25?,26?/m0/s1. The molecule has 208 valence electrons. The minimum atomic E-state index is -1.36. The number of aliphatic carboxylic acids is 1. The molecule has 0 aromatic carbocycles. The number of carboxylic acid groups (broad SMARTS) is 1. The van der Waals surface area contributed by atoms with E-state index in [0.29, 0.717) is 30.1 Å². The lowest BCUT2D eigenvalue weighted by Gasteiger charge is -2.63. The van der Waals surface area contributed by atoms with Crippen LogP contribution in [-0.2, 0) is 24.0 Å². The van der Waals surface area contributed by atoms with E-state index in [9.17, 15) is 34.2 Å². The average Bonchev–Trinajstić information content (AvgIpc) is 3.40. The molecule has 0 radical (unpaired) electrons. The Kier molecular flexibility index (Phi) is 5.47. The van der Waals surface area contributed by atoms with Gasteiger partial charge in [-0.15, -0.1) is 0 Å². The van der Waals surface area contributed by atoms with Crippen LogP contribution in [0.15, 0.2) is 0 Å². The van der Waals surface area contributed by atoms with E-state index in [0.717, 1.165) is 6.42 Å². The van der Waals surface area contributed by atoms with Crippen LogP contribution in [0.3, 0.4) is 0 Å². The van der Waals surface area contributed by atoms with Gasteiger partial charge in [-0.3, -0.25) is 24.0 Å². The number of aliphatic hydroxyl groups is 1. The Bertz CT molecular complexity index is 1130. The summed E-state index contributed by atoms with van der Waals surface area (Å²) in [7, 11) is 0. The average molecular weight is 532 g/mol. The molecule has 38 heavy (non-hydrogen) atoms. The molecule has 2 heterocycles. The minimum absolute atomic E-state index is 0.0611. The highest BCUT2D eigenvalue weighted by Gasteiger charge is 2.95. The quantitative estimate of drug-likeness (QED) is 0.163. The summed E-state index contributed by atoms with van der Waals surface area (Å²) in [5, 5.41) is 31.9. The molecular weight excluding hydrogens is 494 g/mol. The number of rotatable bonds is 11. The van der Waals surface area contributed by atoms with E-state index in [2.05, 4.69) is 21.3 Å². The van der Waals surface area contributed by atoms with Gasteiger partial charge in [0.25, 0.3) is 5.91 Å². The molecule has 12 nitrogen and oxygen atoms in total. The van der Waals surface area contributed by atoms with E-state index < -0.39 is 59.0 Å². The highest BCUT2D eigenvalue weighted by Crippen LogP contribution is 2.88. The molecular formula is C26H37N5O7. The van der Waals surface area contributed by atoms with Gasteiger partial charge in [0.05, 0.1) is 6.04 Å². The molecule has 7 fully saturated rings. The van der Waals surface area contributed by atoms with E-state index in [1.807, 2.05) is 13.8 Å². The van der Waals surface area contributed by atoms with Gasteiger partial charge >= 0.3 is 5.97 Å². The Balaban J connectivity index is 1.18. The maximum atomic E-state index is 13.6. The maximum absolute atomic E-state index is 13.6. The minimum Gasteiger partial charge on any atom is -0.481 e. The molecule has 0 aromatic rings. The fourth-order valence-corrected chi connectivity index (χ4v) is 9.64. The van der Waals surface area contributed by atoms with Crippen molar-refractivity contribution in [1.82, 2.24) is 21.3 Å². The van der Waals surface area contributed by atoms with E-state index in [4.69, 9.17) is 5.73 Å². The van der Waals surface area contributed by atoms with Crippen molar-refractivity contribution in [2.45, 2.75) is 75.8 Å². The van der Waals surface area contributed by atoms with Crippen LogP contribution in [0.4, 0.5) is 0 Å². The van der Waals surface area contributed by atoms with Crippen molar-refractivity contribution in [2.75, 3.05) is 0 Å². The number of amides is 4. The molecule has 8 N–H and O–H groups in total. The van der Waals surface area contributed by atoms with Crippen molar-refractivity contribution in [2.24, 2.45) is 59.0 Å². The van der Waals surface area contributed by atoms with Crippen molar-refractivity contribution < 1.29 is 34.2 Å². The zero-order valence-corrected chi connectivity index (χ0v) is 21.8. The van der Waals surface area contributed by atoms with Crippen molar-refractivity contribution in [1.29, 1.82) is 0 Å². The van der Waals surface area contributed by atoms with Crippen LogP contribution in [0.25, 0.3) is 0 Å². The first-order valence-electron chi connectivity index (χ1n) is 13.8. The highest BCUT2D eigenvalue weighted by atomic mass is 16.4. The van der Waals surface area contributed by atoms with E-state index in [-0.39, 0.29) is 42.4 Å². The van der Waals surface area contributed by atoms with Gasteiger partial charge in [-0.25, -0.2) is 0 Å². The number of hydrogen-bond donors (Lipinski definition) is 7. The van der Waals surface area contributed by atoms with Crippen molar-refractivity contribution >= 4 is 29.6 Å². The van der Waals surface area contributed by atoms with Crippen LogP contribution in [0.5, 0.6) is 0 Å². The Morgan fingerprint density at radius 1 is 1.03 bits per heavy atom. The van der Waals surface area contributed by atoms with Gasteiger partial charge < -0.3 is 37.2 Å². The Morgan fingerprint density at radius 2 is 1.68 bits per heavy atom. The van der Waals surface area contributed by atoms with Gasteiger partial charge in [0.15, 0.2) is 0 Å². The lowest BCUT2D eigenvalue weighted by atomic mass is 9.50. The third-order valence-electron chi connectivity index (χ3n) is 11.2. The molecule has 0 aromatic heterocycles. The van der Waals surface area contributed by atoms with Gasteiger partial charge in [0.2, 0.25) is 17.7 Å². The second-order valence-electron chi connectivity index (χ2n) is 12.6. The zero-order valence-electron chi connectivity index (χ0n) is 21.8. The molecule has 10 unspecified atom stereocenters. The smallest absolute Gasteiger partial charge is 0.303 e. The summed E-state index contributed by atoms with van der Waals surface area (Å²) in [5.41, 5.74) is 3.61. The third kappa shape index (κ3) is 2.96. The molecule has 5 aliphatic carbocycles. The van der Waals surface area contributed by atoms with Crippen LogP contribution in [0.2, 0.25) is 0 Å². The number of carboxylic acids is 1. The summed E-state index contributed by atoms with van der Waals surface area (Å²) in [6, 6.07) is -2.98. The van der Waals surface area contributed by atoms with Crippen LogP contribution >= 0.6 is 0 Å². The molecule has 7 rings (SSSR count). The summed E-state index contributed by atoms with van der Waals surface area (Å²) >= 11 is 0. The SMILES string of the molecule is CC[C@H](C)[C@H](N)C(=O)N[C@@H](C)C(=O)N[C@@H](CCC(=O)O)C(=O)NC12NC(=O)C3(O)C4C5CC(C6C5C3C61)C42. The number of nitrogens with one attached hydrogen (secondary N) is 4. The molecule has 7 aliphatic rings. The third-order valence-corrected chi connectivity index (χ3v) is 11.2. The summed E-state index contributed by atoms with van der Waals surface area (Å²) in [4.78, 5) is 63.5. The summed E-state index contributed by atoms with van der Waals surface area (Å²) in [6.07, 6.45) is 1.13. The van der Waals surface area contributed by atoms with Crippen molar-refractivity contribution in [3.63, 3.8) is 0 Å². The molecule has 14 atom stereocenters. The van der Waals surface area contributed by atoms with Crippen LogP contribution < -0.4 is 27.0 Å². The first kappa shape index (κ1) is 25.5. The summed E-state index contributed by atoms with van der Waals surface area (Å²) < 4.78 is 0. The molecule has 2 saturated heterocycles. The number of piperidine rings is 2. The maximum Gasteiger partial charge on any atom is 0.303 e. The van der Waals surface area contributed by atoms with E-state index in [1.165, 1.54) is 6.92 Å². The molecule has 12 heteroatoms. The first-order valence-corrected chi connectivity index (χ1v) is 13.8. The molecule has 2 aliphatic heterocycles. The van der Waals surface area contributed by atoms with Gasteiger partial charge in [0.1, 0.15) is 23.3 Å².